The Morgan fingerprint density at radius 1 is 1.02 bits per heavy atom. The molecule has 0 bridgehead atoms. The quantitative estimate of drug-likeness (QED) is 0.0995. The first-order valence-corrected chi connectivity index (χ1v) is 16.5. The van der Waals surface area contributed by atoms with Crippen LogP contribution in [0.25, 0.3) is 11.1 Å². The van der Waals surface area contributed by atoms with E-state index in [4.69, 9.17) is 20.9 Å². The number of nitrogens with zero attached hydrogens (tertiary/aromatic N) is 1. The van der Waals surface area contributed by atoms with Crippen molar-refractivity contribution in [3.8, 4) is 16.9 Å². The SMILES string of the molecule is Cc1c(C)c(S(=O)(=O)NC(N)=NCCC[C@H](N)C(=O)C(=O)OCC2c3ccccc3-c3ccccc32)c(C)c2c1OC(C)(C)C2. The number of rotatable bonds is 10. The number of aliphatic imine (C=N–C) groups is 1. The summed E-state index contributed by atoms with van der Waals surface area (Å²) in [5, 5.41) is 0. The number of esters is 1. The van der Waals surface area contributed by atoms with Gasteiger partial charge in [-0.1, -0.05) is 48.5 Å². The third-order valence-corrected chi connectivity index (χ3v) is 10.3. The molecule has 2 aliphatic rings. The lowest BCUT2D eigenvalue weighted by Gasteiger charge is -2.19. The fraction of sp³-hybridized carbons (Fsp3) is 0.382. The van der Waals surface area contributed by atoms with E-state index in [2.05, 4.69) is 9.71 Å². The first-order valence-electron chi connectivity index (χ1n) is 15.0. The highest BCUT2D eigenvalue weighted by Crippen LogP contribution is 2.45. The predicted octanol–water partition coefficient (Wildman–Crippen LogP) is 3.95. The van der Waals surface area contributed by atoms with Gasteiger partial charge in [0.2, 0.25) is 5.96 Å². The number of nitrogens with one attached hydrogen (secondary N) is 1. The van der Waals surface area contributed by atoms with Crippen LogP contribution in [-0.2, 0) is 30.8 Å². The van der Waals surface area contributed by atoms with E-state index in [9.17, 15) is 18.0 Å². The monoisotopic (exact) mass is 632 g/mol. The first kappa shape index (κ1) is 32.2. The number of Topliss-reactive ketones (excluding diaryl/α,β-unsaturated/α-hetero) is 1. The minimum absolute atomic E-state index is 0.0275. The van der Waals surface area contributed by atoms with E-state index in [1.165, 1.54) is 0 Å². The van der Waals surface area contributed by atoms with E-state index < -0.39 is 33.4 Å². The molecular weight excluding hydrogens is 592 g/mol. The summed E-state index contributed by atoms with van der Waals surface area (Å²) in [6, 6.07) is 14.8. The third kappa shape index (κ3) is 6.32. The van der Waals surface area contributed by atoms with Crippen LogP contribution in [0.15, 0.2) is 58.4 Å². The van der Waals surface area contributed by atoms with Gasteiger partial charge in [-0.2, -0.15) is 0 Å². The van der Waals surface area contributed by atoms with Crippen molar-refractivity contribution < 1.29 is 27.5 Å². The molecule has 0 fully saturated rings. The minimum atomic E-state index is -4.03. The van der Waals surface area contributed by atoms with E-state index in [1.807, 2.05) is 69.3 Å². The summed E-state index contributed by atoms with van der Waals surface area (Å²) < 4.78 is 40.6. The molecule has 3 aromatic rings. The molecule has 3 aromatic carbocycles. The molecule has 238 valence electrons. The lowest BCUT2D eigenvalue weighted by atomic mass is 9.94. The number of sulfonamides is 1. The summed E-state index contributed by atoms with van der Waals surface area (Å²) in [5.74, 6) is -1.51. The molecule has 5 N–H and O–H groups in total. The molecule has 1 heterocycles. The maximum atomic E-state index is 13.4. The first-order chi connectivity index (χ1) is 21.2. The van der Waals surface area contributed by atoms with Crippen LogP contribution >= 0.6 is 0 Å². The van der Waals surface area contributed by atoms with E-state index in [1.54, 1.807) is 13.8 Å². The van der Waals surface area contributed by atoms with Crippen molar-refractivity contribution in [2.75, 3.05) is 13.2 Å². The third-order valence-electron chi connectivity index (χ3n) is 8.64. The molecule has 1 atom stereocenters. The van der Waals surface area contributed by atoms with E-state index in [-0.39, 0.29) is 36.3 Å². The highest BCUT2D eigenvalue weighted by Gasteiger charge is 2.37. The Kier molecular flexibility index (Phi) is 8.79. The maximum absolute atomic E-state index is 13.4. The van der Waals surface area contributed by atoms with Crippen LogP contribution in [0.1, 0.15) is 66.0 Å². The fourth-order valence-corrected chi connectivity index (χ4v) is 7.86. The standard InChI is InChI=1S/C34H40N4O6S/c1-19-20(2)31(21(3)26-17-34(4,5)44-30(19)26)45(41,42)38-33(36)37-16-10-15-28(35)29(39)32(40)43-18-27-24-13-8-6-11-22(24)23-12-7-9-14-25(23)27/h6-9,11-14,27-28H,10,15-18,35H2,1-5H3,(H3,36,37,38)/t28-/m0/s1. The number of hydrogen-bond acceptors (Lipinski definition) is 8. The second kappa shape index (κ2) is 12.3. The molecule has 0 aromatic heterocycles. The number of hydrogen-bond donors (Lipinski definition) is 3. The number of ketones is 1. The van der Waals surface area contributed by atoms with Gasteiger partial charge in [-0.05, 0) is 86.4 Å². The second-order valence-electron chi connectivity index (χ2n) is 12.4. The Hall–Kier alpha value is -4.22. The van der Waals surface area contributed by atoms with Gasteiger partial charge in [0.15, 0.2) is 0 Å². The summed E-state index contributed by atoms with van der Waals surface area (Å²) in [5.41, 5.74) is 18.6. The van der Waals surface area contributed by atoms with Crippen LogP contribution in [0.5, 0.6) is 5.75 Å². The zero-order valence-electron chi connectivity index (χ0n) is 26.3. The number of nitrogens with two attached hydrogens (primary N) is 2. The van der Waals surface area contributed by atoms with Gasteiger partial charge in [0.1, 0.15) is 18.0 Å². The topological polar surface area (TPSA) is 163 Å². The molecule has 0 amide bonds. The highest BCUT2D eigenvalue weighted by molar-refractivity contribution is 7.90. The smallest absolute Gasteiger partial charge is 0.376 e. The minimum Gasteiger partial charge on any atom is -0.487 e. The van der Waals surface area contributed by atoms with Gasteiger partial charge < -0.3 is 20.9 Å². The van der Waals surface area contributed by atoms with Gasteiger partial charge in [0, 0.05) is 24.4 Å². The number of carbonyl (C=O) groups is 2. The molecular formula is C34H40N4O6S. The van der Waals surface area contributed by atoms with Crippen molar-refractivity contribution in [3.05, 3.63) is 81.9 Å². The average molecular weight is 633 g/mol. The van der Waals surface area contributed by atoms with Crippen molar-refractivity contribution >= 4 is 27.7 Å². The van der Waals surface area contributed by atoms with Gasteiger partial charge in [-0.25, -0.2) is 17.9 Å². The molecule has 1 aliphatic carbocycles. The number of guanidine groups is 1. The molecule has 1 aliphatic heterocycles. The van der Waals surface area contributed by atoms with Crippen molar-refractivity contribution in [2.24, 2.45) is 16.5 Å². The van der Waals surface area contributed by atoms with Gasteiger partial charge in [0.25, 0.3) is 15.8 Å². The molecule has 11 heteroatoms. The molecule has 5 rings (SSSR count). The Morgan fingerprint density at radius 3 is 2.24 bits per heavy atom. The summed E-state index contributed by atoms with van der Waals surface area (Å²) in [6.07, 6.45) is 1.04. The fourth-order valence-electron chi connectivity index (χ4n) is 6.33. The van der Waals surface area contributed by atoms with E-state index in [0.29, 0.717) is 24.0 Å². The Labute approximate surface area is 264 Å². The normalized spacial score (nSPS) is 15.9. The van der Waals surface area contributed by atoms with Crippen molar-refractivity contribution in [1.82, 2.24) is 4.72 Å². The van der Waals surface area contributed by atoms with Crippen molar-refractivity contribution in [1.29, 1.82) is 0 Å². The zero-order chi connectivity index (χ0) is 32.7. The van der Waals surface area contributed by atoms with Crippen LogP contribution in [-0.4, -0.2) is 50.9 Å². The summed E-state index contributed by atoms with van der Waals surface area (Å²) in [7, 11) is -4.03. The van der Waals surface area contributed by atoms with Gasteiger partial charge >= 0.3 is 5.97 Å². The Bertz CT molecular complexity index is 1770. The lowest BCUT2D eigenvalue weighted by Crippen LogP contribution is -2.38. The van der Waals surface area contributed by atoms with Crippen LogP contribution in [0.3, 0.4) is 0 Å². The summed E-state index contributed by atoms with van der Waals surface area (Å²) in [6.45, 7) is 9.42. The molecule has 0 saturated carbocycles. The molecule has 10 nitrogen and oxygen atoms in total. The average Bonchev–Trinajstić information content (AvgIpc) is 3.50. The van der Waals surface area contributed by atoms with Gasteiger partial charge in [-0.15, -0.1) is 0 Å². The molecule has 0 spiro atoms. The maximum Gasteiger partial charge on any atom is 0.376 e. The van der Waals surface area contributed by atoms with E-state index in [0.717, 1.165) is 39.1 Å². The Balaban J connectivity index is 1.14. The van der Waals surface area contributed by atoms with Crippen LogP contribution in [0.2, 0.25) is 0 Å². The predicted molar refractivity (Wildman–Crippen MR) is 173 cm³/mol. The number of benzene rings is 3. The highest BCUT2D eigenvalue weighted by atomic mass is 32.2. The number of carbonyl (C=O) groups excluding carboxylic acids is 2. The van der Waals surface area contributed by atoms with Crippen LogP contribution in [0.4, 0.5) is 0 Å². The zero-order valence-corrected chi connectivity index (χ0v) is 27.1. The van der Waals surface area contributed by atoms with Crippen LogP contribution in [0, 0.1) is 20.8 Å². The molecule has 0 saturated heterocycles. The largest absolute Gasteiger partial charge is 0.487 e. The summed E-state index contributed by atoms with van der Waals surface area (Å²) >= 11 is 0. The second-order valence-corrected chi connectivity index (χ2v) is 14.0. The van der Waals surface area contributed by atoms with Crippen LogP contribution < -0.4 is 20.9 Å². The van der Waals surface area contributed by atoms with Crippen molar-refractivity contribution in [2.45, 2.75) is 76.3 Å². The van der Waals surface area contributed by atoms with Gasteiger partial charge in [0.05, 0.1) is 10.9 Å². The molecule has 45 heavy (non-hydrogen) atoms. The molecule has 0 unspecified atom stereocenters. The molecule has 0 radical (unpaired) electrons. The number of fused-ring (bicyclic) bond motifs is 4. The summed E-state index contributed by atoms with van der Waals surface area (Å²) in [4.78, 5) is 29.5. The van der Waals surface area contributed by atoms with Gasteiger partial charge in [-0.3, -0.25) is 9.79 Å². The lowest BCUT2D eigenvalue weighted by molar-refractivity contribution is -0.154. The number of ether oxygens (including phenoxy) is 2. The van der Waals surface area contributed by atoms with Crippen molar-refractivity contribution in [3.63, 3.8) is 0 Å². The Morgan fingerprint density at radius 2 is 1.62 bits per heavy atom. The van der Waals surface area contributed by atoms with E-state index >= 15 is 0 Å².